The van der Waals surface area contributed by atoms with E-state index < -0.39 is 6.10 Å². The van der Waals surface area contributed by atoms with Crippen LogP contribution in [0, 0.1) is 0 Å². The number of hydrogen-bond donors (Lipinski definition) is 1. The normalized spacial score (nSPS) is 16.9. The van der Waals surface area contributed by atoms with Gasteiger partial charge in [0.15, 0.2) is 6.10 Å². The number of hydrogen-bond acceptors (Lipinski definition) is 3. The summed E-state index contributed by atoms with van der Waals surface area (Å²) in [6.07, 6.45) is 0.286. The second kappa shape index (κ2) is 7.31. The minimum Gasteiger partial charge on any atom is -0.479 e. The van der Waals surface area contributed by atoms with Gasteiger partial charge in [0.2, 0.25) is 5.91 Å². The van der Waals surface area contributed by atoms with Gasteiger partial charge in [0, 0.05) is 26.1 Å². The molecule has 1 aromatic carbocycles. The smallest absolute Gasteiger partial charge is 0.263 e. The summed E-state index contributed by atoms with van der Waals surface area (Å²) in [7, 11) is 0. The first-order valence-electron chi connectivity index (χ1n) is 7.08. The van der Waals surface area contributed by atoms with Gasteiger partial charge in [0.25, 0.3) is 5.91 Å². The summed E-state index contributed by atoms with van der Waals surface area (Å²) in [6.45, 7) is 3.30. The van der Waals surface area contributed by atoms with Gasteiger partial charge in [-0.05, 0) is 18.6 Å². The van der Waals surface area contributed by atoms with E-state index >= 15 is 0 Å². The number of benzene rings is 1. The molecule has 5 nitrogen and oxygen atoms in total. The van der Waals surface area contributed by atoms with E-state index in [-0.39, 0.29) is 11.8 Å². The van der Waals surface area contributed by atoms with E-state index in [1.165, 1.54) is 0 Å². The highest BCUT2D eigenvalue weighted by molar-refractivity contribution is 6.32. The molecule has 1 aliphatic rings. The van der Waals surface area contributed by atoms with Crippen LogP contribution in [0.15, 0.2) is 24.3 Å². The Balaban J connectivity index is 2.04. The average molecular weight is 311 g/mol. The maximum absolute atomic E-state index is 12.5. The molecule has 0 unspecified atom stereocenters. The van der Waals surface area contributed by atoms with Crippen molar-refractivity contribution in [1.82, 2.24) is 10.2 Å². The molecule has 1 aromatic rings. The number of amides is 2. The van der Waals surface area contributed by atoms with Crippen molar-refractivity contribution in [3.05, 3.63) is 29.3 Å². The summed E-state index contributed by atoms with van der Waals surface area (Å²) in [4.78, 5) is 25.5. The van der Waals surface area contributed by atoms with E-state index in [0.717, 1.165) is 0 Å². The van der Waals surface area contributed by atoms with E-state index in [1.54, 1.807) is 17.0 Å². The Morgan fingerprint density at radius 2 is 2.19 bits per heavy atom. The standard InChI is InChI=1S/C15H19ClN2O3/c1-2-12(21-13-6-4-3-5-11(13)16)15(20)18-9-7-14(19)17-8-10-18/h3-6,12H,2,7-10H2,1H3,(H,17,19)/t12-/m1/s1. The van der Waals surface area contributed by atoms with E-state index in [4.69, 9.17) is 16.3 Å². The Labute approximate surface area is 129 Å². The fourth-order valence-corrected chi connectivity index (χ4v) is 2.37. The molecule has 0 radical (unpaired) electrons. The lowest BCUT2D eigenvalue weighted by Crippen LogP contribution is -2.43. The zero-order valence-corrected chi connectivity index (χ0v) is 12.7. The molecule has 0 bridgehead atoms. The quantitative estimate of drug-likeness (QED) is 0.923. The highest BCUT2D eigenvalue weighted by Crippen LogP contribution is 2.25. The van der Waals surface area contributed by atoms with Crippen molar-refractivity contribution in [1.29, 1.82) is 0 Å². The topological polar surface area (TPSA) is 58.6 Å². The van der Waals surface area contributed by atoms with Crippen LogP contribution in [-0.2, 0) is 9.59 Å². The monoisotopic (exact) mass is 310 g/mol. The highest BCUT2D eigenvalue weighted by Gasteiger charge is 2.26. The lowest BCUT2D eigenvalue weighted by Gasteiger charge is -2.25. The molecule has 1 aliphatic heterocycles. The van der Waals surface area contributed by atoms with Gasteiger partial charge < -0.3 is 15.0 Å². The molecule has 114 valence electrons. The Kier molecular flexibility index (Phi) is 5.44. The lowest BCUT2D eigenvalue weighted by atomic mass is 10.2. The zero-order valence-electron chi connectivity index (χ0n) is 12.0. The van der Waals surface area contributed by atoms with Crippen molar-refractivity contribution in [2.75, 3.05) is 19.6 Å². The van der Waals surface area contributed by atoms with Crippen LogP contribution >= 0.6 is 11.6 Å². The second-order valence-corrected chi connectivity index (χ2v) is 5.28. The molecular formula is C15H19ClN2O3. The fourth-order valence-electron chi connectivity index (χ4n) is 2.19. The van der Waals surface area contributed by atoms with E-state index in [0.29, 0.717) is 43.2 Å². The first-order valence-corrected chi connectivity index (χ1v) is 7.46. The maximum Gasteiger partial charge on any atom is 0.263 e. The number of nitrogens with one attached hydrogen (secondary N) is 1. The minimum absolute atomic E-state index is 0.0228. The molecule has 21 heavy (non-hydrogen) atoms. The minimum atomic E-state index is -0.585. The summed E-state index contributed by atoms with van der Waals surface area (Å²) in [5, 5.41) is 3.23. The summed E-state index contributed by atoms with van der Waals surface area (Å²) < 4.78 is 5.75. The number of ether oxygens (including phenoxy) is 1. The number of carbonyl (C=O) groups is 2. The molecule has 0 saturated carbocycles. The summed E-state index contributed by atoms with van der Waals surface area (Å²) >= 11 is 6.06. The van der Waals surface area contributed by atoms with Gasteiger partial charge in [0.1, 0.15) is 5.75 Å². The SMILES string of the molecule is CC[C@@H](Oc1ccccc1Cl)C(=O)N1CCNC(=O)CC1. The van der Waals surface area contributed by atoms with Crippen molar-refractivity contribution >= 4 is 23.4 Å². The van der Waals surface area contributed by atoms with Gasteiger partial charge in [0.05, 0.1) is 5.02 Å². The summed E-state index contributed by atoms with van der Waals surface area (Å²) in [5.74, 6) is 0.377. The van der Waals surface area contributed by atoms with Crippen molar-refractivity contribution in [2.24, 2.45) is 0 Å². The summed E-state index contributed by atoms with van der Waals surface area (Å²) in [5.41, 5.74) is 0. The number of halogens is 1. The molecule has 1 fully saturated rings. The molecule has 1 N–H and O–H groups in total. The number of rotatable bonds is 4. The van der Waals surface area contributed by atoms with E-state index in [2.05, 4.69) is 5.32 Å². The van der Waals surface area contributed by atoms with Crippen molar-refractivity contribution in [2.45, 2.75) is 25.9 Å². The average Bonchev–Trinajstić information content (AvgIpc) is 2.70. The predicted octanol–water partition coefficient (Wildman–Crippen LogP) is 1.85. The molecule has 1 atom stereocenters. The van der Waals surface area contributed by atoms with Crippen LogP contribution in [0.25, 0.3) is 0 Å². The van der Waals surface area contributed by atoms with Crippen molar-refractivity contribution in [3.63, 3.8) is 0 Å². The van der Waals surface area contributed by atoms with Crippen LogP contribution in [0.5, 0.6) is 5.75 Å². The number of carbonyl (C=O) groups excluding carboxylic acids is 2. The van der Waals surface area contributed by atoms with Crippen LogP contribution in [0.3, 0.4) is 0 Å². The zero-order chi connectivity index (χ0) is 15.2. The first-order chi connectivity index (χ1) is 10.1. The Morgan fingerprint density at radius 3 is 2.90 bits per heavy atom. The Hall–Kier alpha value is -1.75. The molecule has 2 amide bonds. The Morgan fingerprint density at radius 1 is 1.43 bits per heavy atom. The maximum atomic E-state index is 12.5. The Bertz CT molecular complexity index is 521. The van der Waals surface area contributed by atoms with Crippen LogP contribution in [0.1, 0.15) is 19.8 Å². The van der Waals surface area contributed by atoms with Crippen molar-refractivity contribution in [3.8, 4) is 5.75 Å². The van der Waals surface area contributed by atoms with E-state index in [9.17, 15) is 9.59 Å². The van der Waals surface area contributed by atoms with Gasteiger partial charge in [-0.15, -0.1) is 0 Å². The van der Waals surface area contributed by atoms with Gasteiger partial charge in [-0.2, -0.15) is 0 Å². The molecular weight excluding hydrogens is 292 g/mol. The fraction of sp³-hybridized carbons (Fsp3) is 0.467. The van der Waals surface area contributed by atoms with E-state index in [1.807, 2.05) is 19.1 Å². The third-order valence-corrected chi connectivity index (χ3v) is 3.69. The molecule has 0 spiro atoms. The van der Waals surface area contributed by atoms with Crippen LogP contribution < -0.4 is 10.1 Å². The van der Waals surface area contributed by atoms with Crippen molar-refractivity contribution < 1.29 is 14.3 Å². The van der Waals surface area contributed by atoms with Crippen LogP contribution in [0.2, 0.25) is 5.02 Å². The van der Waals surface area contributed by atoms with Gasteiger partial charge in [-0.3, -0.25) is 9.59 Å². The lowest BCUT2D eigenvalue weighted by molar-refractivity contribution is -0.138. The molecule has 0 aromatic heterocycles. The first kappa shape index (κ1) is 15.6. The van der Waals surface area contributed by atoms with Gasteiger partial charge >= 0.3 is 0 Å². The number of para-hydroxylation sites is 1. The highest BCUT2D eigenvalue weighted by atomic mass is 35.5. The molecule has 1 saturated heterocycles. The van der Waals surface area contributed by atoms with Gasteiger partial charge in [-0.1, -0.05) is 30.7 Å². The predicted molar refractivity (Wildman–Crippen MR) is 80.4 cm³/mol. The third kappa shape index (κ3) is 4.11. The van der Waals surface area contributed by atoms with Crippen LogP contribution in [-0.4, -0.2) is 42.5 Å². The molecule has 2 rings (SSSR count). The number of nitrogens with zero attached hydrogens (tertiary/aromatic N) is 1. The van der Waals surface area contributed by atoms with Crippen LogP contribution in [0.4, 0.5) is 0 Å². The largest absolute Gasteiger partial charge is 0.479 e. The second-order valence-electron chi connectivity index (χ2n) is 4.87. The van der Waals surface area contributed by atoms with Gasteiger partial charge in [-0.25, -0.2) is 0 Å². The summed E-state index contributed by atoms with van der Waals surface area (Å²) in [6, 6.07) is 7.09. The molecule has 0 aliphatic carbocycles. The molecule has 1 heterocycles. The molecule has 6 heteroatoms. The third-order valence-electron chi connectivity index (χ3n) is 3.38.